The van der Waals surface area contributed by atoms with E-state index in [0.29, 0.717) is 33.0 Å². The number of halogens is 1. The van der Waals surface area contributed by atoms with Crippen molar-refractivity contribution in [2.24, 2.45) is 0 Å². The van der Waals surface area contributed by atoms with E-state index in [-0.39, 0.29) is 24.4 Å². The molecule has 2 heterocycles. The quantitative estimate of drug-likeness (QED) is 0.129. The molecule has 0 aliphatic carbocycles. The lowest BCUT2D eigenvalue weighted by molar-refractivity contribution is -0.389. The van der Waals surface area contributed by atoms with Crippen LogP contribution in [0.25, 0.3) is 0 Å². The topological polar surface area (TPSA) is 55.4 Å². The fourth-order valence-corrected chi connectivity index (χ4v) is 5.54. The van der Waals surface area contributed by atoms with Crippen LogP contribution in [0.15, 0.2) is 18.2 Å². The van der Waals surface area contributed by atoms with E-state index in [0.717, 1.165) is 67.8 Å². The third-order valence-electron chi connectivity index (χ3n) is 7.53. The summed E-state index contributed by atoms with van der Waals surface area (Å²) in [5, 5.41) is 0.761. The standard InChI is InChI=1S/C31H51BrO6/c1-6-10-16-33-23(5)27-28(34-17-11-7-2)29(35-18-12-8-3)30(36-19-13-9-4)31(38-27)26-20-24(21-32)14-15-25(26)22-37-31/h14-15,20,23,27-30H,6-13,16-19,21-22H2,1-5H3/t23-,27-,28-,29+,30-,31+/m1/s1. The molecule has 6 atom stereocenters. The molecule has 1 aromatic rings. The van der Waals surface area contributed by atoms with E-state index in [4.69, 9.17) is 28.4 Å². The zero-order chi connectivity index (χ0) is 27.4. The summed E-state index contributed by atoms with van der Waals surface area (Å²) in [5.41, 5.74) is 3.35. The first-order valence-electron chi connectivity index (χ1n) is 15.0. The monoisotopic (exact) mass is 598 g/mol. The fraction of sp³-hybridized carbons (Fsp3) is 0.806. The van der Waals surface area contributed by atoms with Gasteiger partial charge in [-0.25, -0.2) is 0 Å². The van der Waals surface area contributed by atoms with Crippen LogP contribution in [0.3, 0.4) is 0 Å². The van der Waals surface area contributed by atoms with Gasteiger partial charge in [0.2, 0.25) is 5.79 Å². The lowest BCUT2D eigenvalue weighted by atomic mass is 9.85. The largest absolute Gasteiger partial charge is 0.376 e. The first-order chi connectivity index (χ1) is 18.6. The maximum atomic E-state index is 7.08. The van der Waals surface area contributed by atoms with E-state index in [1.807, 2.05) is 0 Å². The normalized spacial score (nSPS) is 27.6. The molecule has 1 aromatic carbocycles. The molecular formula is C31H51BrO6. The highest BCUT2D eigenvalue weighted by atomic mass is 79.9. The van der Waals surface area contributed by atoms with Gasteiger partial charge in [-0.15, -0.1) is 0 Å². The average Bonchev–Trinajstić information content (AvgIpc) is 3.29. The van der Waals surface area contributed by atoms with Crippen molar-refractivity contribution >= 4 is 15.9 Å². The van der Waals surface area contributed by atoms with Gasteiger partial charge in [-0.2, -0.15) is 0 Å². The molecule has 0 radical (unpaired) electrons. The molecule has 0 bridgehead atoms. The summed E-state index contributed by atoms with van der Waals surface area (Å²) in [6.07, 6.45) is 6.52. The number of fused-ring (bicyclic) bond motifs is 2. The van der Waals surface area contributed by atoms with Gasteiger partial charge >= 0.3 is 0 Å². The van der Waals surface area contributed by atoms with Crippen LogP contribution < -0.4 is 0 Å². The Kier molecular flexibility index (Phi) is 14.0. The van der Waals surface area contributed by atoms with Crippen LogP contribution in [0, 0.1) is 0 Å². The lowest BCUT2D eigenvalue weighted by Gasteiger charge is -2.52. The smallest absolute Gasteiger partial charge is 0.225 e. The van der Waals surface area contributed by atoms with Gasteiger partial charge in [0.1, 0.15) is 24.4 Å². The van der Waals surface area contributed by atoms with Gasteiger partial charge in [0.25, 0.3) is 0 Å². The summed E-state index contributed by atoms with van der Waals surface area (Å²) >= 11 is 3.64. The lowest BCUT2D eigenvalue weighted by Crippen LogP contribution is -2.67. The molecule has 0 N–H and O–H groups in total. The molecule has 2 aliphatic heterocycles. The molecule has 1 spiro atoms. The van der Waals surface area contributed by atoms with Crippen molar-refractivity contribution in [2.75, 3.05) is 26.4 Å². The first-order valence-corrected chi connectivity index (χ1v) is 16.1. The van der Waals surface area contributed by atoms with Crippen LogP contribution in [-0.2, 0) is 46.1 Å². The second kappa shape index (κ2) is 16.7. The number of alkyl halides is 1. The second-order valence-electron chi connectivity index (χ2n) is 10.6. The van der Waals surface area contributed by atoms with Gasteiger partial charge in [-0.05, 0) is 49.8 Å². The zero-order valence-electron chi connectivity index (χ0n) is 24.3. The molecule has 218 valence electrons. The van der Waals surface area contributed by atoms with Crippen molar-refractivity contribution < 1.29 is 28.4 Å². The molecule has 2 aliphatic rings. The Hall–Kier alpha value is -0.540. The summed E-state index contributed by atoms with van der Waals surface area (Å²) in [4.78, 5) is 0. The molecular weight excluding hydrogens is 548 g/mol. The van der Waals surface area contributed by atoms with E-state index in [2.05, 4.69) is 68.7 Å². The second-order valence-corrected chi connectivity index (χ2v) is 11.2. The van der Waals surface area contributed by atoms with Gasteiger partial charge in [0.05, 0.1) is 12.7 Å². The Balaban J connectivity index is 2.07. The molecule has 3 rings (SSSR count). The summed E-state index contributed by atoms with van der Waals surface area (Å²) in [7, 11) is 0. The molecule has 7 heteroatoms. The van der Waals surface area contributed by atoms with E-state index >= 15 is 0 Å². The summed E-state index contributed by atoms with van der Waals surface area (Å²) in [6, 6.07) is 6.50. The maximum absolute atomic E-state index is 7.08. The van der Waals surface area contributed by atoms with Crippen LogP contribution >= 0.6 is 15.9 Å². The summed E-state index contributed by atoms with van der Waals surface area (Å²) in [5.74, 6) is -1.07. The molecule has 6 nitrogen and oxygen atoms in total. The number of hydrogen-bond acceptors (Lipinski definition) is 6. The van der Waals surface area contributed by atoms with Crippen molar-refractivity contribution in [3.63, 3.8) is 0 Å². The molecule has 0 amide bonds. The van der Waals surface area contributed by atoms with E-state index < -0.39 is 11.9 Å². The van der Waals surface area contributed by atoms with Gasteiger partial charge < -0.3 is 28.4 Å². The van der Waals surface area contributed by atoms with Crippen LogP contribution in [0.2, 0.25) is 0 Å². The number of rotatable bonds is 18. The zero-order valence-corrected chi connectivity index (χ0v) is 25.9. The summed E-state index contributed by atoms with van der Waals surface area (Å²) in [6.45, 7) is 13.9. The van der Waals surface area contributed by atoms with Crippen molar-refractivity contribution in [2.45, 2.75) is 134 Å². The highest BCUT2D eigenvalue weighted by Crippen LogP contribution is 2.49. The fourth-order valence-electron chi connectivity index (χ4n) is 5.19. The molecule has 0 unspecified atom stereocenters. The number of unbranched alkanes of at least 4 members (excludes halogenated alkanes) is 4. The van der Waals surface area contributed by atoms with Gasteiger partial charge in [-0.3, -0.25) is 0 Å². The van der Waals surface area contributed by atoms with Gasteiger partial charge in [0.15, 0.2) is 0 Å². The highest BCUT2D eigenvalue weighted by Gasteiger charge is 2.62. The highest BCUT2D eigenvalue weighted by molar-refractivity contribution is 9.08. The Morgan fingerprint density at radius 1 is 0.868 bits per heavy atom. The molecule has 38 heavy (non-hydrogen) atoms. The van der Waals surface area contributed by atoms with E-state index in [9.17, 15) is 0 Å². The third kappa shape index (κ3) is 7.80. The maximum Gasteiger partial charge on any atom is 0.225 e. The van der Waals surface area contributed by atoms with E-state index in [1.54, 1.807) is 0 Å². The van der Waals surface area contributed by atoms with Crippen LogP contribution in [0.4, 0.5) is 0 Å². The van der Waals surface area contributed by atoms with Gasteiger partial charge in [-0.1, -0.05) is 81.4 Å². The van der Waals surface area contributed by atoms with Crippen molar-refractivity contribution in [3.05, 3.63) is 34.9 Å². The van der Waals surface area contributed by atoms with Crippen LogP contribution in [0.1, 0.15) is 103 Å². The Labute approximate surface area is 239 Å². The van der Waals surface area contributed by atoms with Crippen molar-refractivity contribution in [1.29, 1.82) is 0 Å². The molecule has 1 saturated heterocycles. The van der Waals surface area contributed by atoms with Crippen molar-refractivity contribution in [1.82, 2.24) is 0 Å². The average molecular weight is 600 g/mol. The minimum Gasteiger partial charge on any atom is -0.376 e. The minimum absolute atomic E-state index is 0.189. The van der Waals surface area contributed by atoms with Crippen LogP contribution in [0.5, 0.6) is 0 Å². The third-order valence-corrected chi connectivity index (χ3v) is 8.18. The Bertz CT molecular complexity index is 807. The number of hydrogen-bond donors (Lipinski definition) is 0. The van der Waals surface area contributed by atoms with E-state index in [1.165, 1.54) is 5.56 Å². The SMILES string of the molecule is CCCCO[C@H]1[C@H](OCCCC)[C@@H](OCCCC)[C@@]2(OCc3ccc(CBr)cc32)O[C@@H]1[C@@H](C)OCCCC. The number of ether oxygens (including phenoxy) is 6. The Morgan fingerprint density at radius 2 is 1.47 bits per heavy atom. The predicted octanol–water partition coefficient (Wildman–Crippen LogP) is 7.42. The minimum atomic E-state index is -1.07. The van der Waals surface area contributed by atoms with Crippen LogP contribution in [-0.4, -0.2) is 56.9 Å². The molecule has 0 aromatic heterocycles. The first kappa shape index (κ1) is 32.0. The Morgan fingerprint density at radius 3 is 2.11 bits per heavy atom. The summed E-state index contributed by atoms with van der Waals surface area (Å²) < 4.78 is 40.1. The van der Waals surface area contributed by atoms with Gasteiger partial charge in [0, 0.05) is 37.3 Å². The predicted molar refractivity (Wildman–Crippen MR) is 155 cm³/mol. The van der Waals surface area contributed by atoms with Crippen molar-refractivity contribution in [3.8, 4) is 0 Å². The molecule has 1 fully saturated rings. The molecule has 0 saturated carbocycles. The number of benzene rings is 1.